The minimum absolute atomic E-state index is 0. The highest BCUT2D eigenvalue weighted by Crippen LogP contribution is 2.37. The number of phenols is 1. The maximum absolute atomic E-state index is 12.9. The Morgan fingerprint density at radius 2 is 1.59 bits per heavy atom. The lowest BCUT2D eigenvalue weighted by molar-refractivity contribution is -0.903. The summed E-state index contributed by atoms with van der Waals surface area (Å²) in [5, 5.41) is 10.0. The number of quaternary nitrogens is 1. The molecule has 0 atom stereocenters. The molecular formula is C23H29ClN2O6. The van der Waals surface area contributed by atoms with Crippen molar-refractivity contribution >= 4 is 11.7 Å². The quantitative estimate of drug-likeness (QED) is 0.441. The van der Waals surface area contributed by atoms with Crippen molar-refractivity contribution in [1.29, 1.82) is 0 Å². The summed E-state index contributed by atoms with van der Waals surface area (Å²) in [6.07, 6.45) is 0.447. The number of halogens is 1. The molecule has 1 saturated heterocycles. The van der Waals surface area contributed by atoms with Crippen LogP contribution in [0, 0.1) is 0 Å². The predicted molar refractivity (Wildman–Crippen MR) is 115 cm³/mol. The number of nitrogens with one attached hydrogen (secondary N) is 1. The topological polar surface area (TPSA) is 89.7 Å². The van der Waals surface area contributed by atoms with Gasteiger partial charge in [-0.05, 0) is 24.3 Å². The van der Waals surface area contributed by atoms with Gasteiger partial charge in [0.1, 0.15) is 5.75 Å². The smallest absolute Gasteiger partial charge is 0.254 e. The maximum atomic E-state index is 12.9. The fraction of sp³-hybridized carbons (Fsp3) is 0.391. The number of carbonyl (C=O) groups excluding carboxylic acids is 2. The molecule has 2 N–H and O–H groups in total. The van der Waals surface area contributed by atoms with Gasteiger partial charge in [-0.25, -0.2) is 0 Å². The highest BCUT2D eigenvalue weighted by Gasteiger charge is 2.26. The van der Waals surface area contributed by atoms with Crippen molar-refractivity contribution in [1.82, 2.24) is 4.90 Å². The summed E-state index contributed by atoms with van der Waals surface area (Å²) in [5.41, 5.74) is 1.06. The molecule has 32 heavy (non-hydrogen) atoms. The molecule has 0 aromatic heterocycles. The number of Topliss-reactive ketones (excluding diaryl/α,β-unsaturated/α-hetero) is 1. The first kappa shape index (κ1) is 25.3. The number of carbonyl (C=O) groups is 2. The zero-order chi connectivity index (χ0) is 22.4. The molecule has 1 fully saturated rings. The van der Waals surface area contributed by atoms with Crippen LogP contribution >= 0.6 is 0 Å². The Bertz CT molecular complexity index is 919. The average Bonchev–Trinajstić information content (AvgIpc) is 2.82. The first-order valence-corrected chi connectivity index (χ1v) is 10.2. The van der Waals surface area contributed by atoms with Crippen LogP contribution in [0.4, 0.5) is 0 Å². The number of phenolic OH excluding ortho intramolecular Hbond substituents is 1. The first-order valence-electron chi connectivity index (χ1n) is 10.2. The molecule has 1 aliphatic rings. The van der Waals surface area contributed by atoms with E-state index < -0.39 is 0 Å². The van der Waals surface area contributed by atoms with Gasteiger partial charge < -0.3 is 41.5 Å². The number of piperazine rings is 1. The van der Waals surface area contributed by atoms with Gasteiger partial charge in [0.25, 0.3) is 5.91 Å². The van der Waals surface area contributed by atoms with Gasteiger partial charge in [0.15, 0.2) is 17.3 Å². The Balaban J connectivity index is 0.00000363. The molecule has 0 aliphatic carbocycles. The van der Waals surface area contributed by atoms with E-state index in [1.54, 1.807) is 24.1 Å². The number of nitrogens with zero attached hydrogens (tertiary/aromatic N) is 1. The standard InChI is InChI=1S/C23H28N2O6.ClH/c1-29-18-6-4-5-16(13-18)19(26)7-8-24-9-11-25(12-10-24)23(28)17-14-20(30-2)22(27)21(15-17)31-3;/h4-6,13-15,27H,7-12H2,1-3H3;1H. The van der Waals surface area contributed by atoms with Crippen molar-refractivity contribution in [3.63, 3.8) is 0 Å². The van der Waals surface area contributed by atoms with Crippen LogP contribution in [-0.4, -0.2) is 75.8 Å². The molecule has 0 bridgehead atoms. The van der Waals surface area contributed by atoms with E-state index in [1.807, 2.05) is 12.1 Å². The Kier molecular flexibility index (Phi) is 9.16. The molecular weight excluding hydrogens is 436 g/mol. The third-order valence-corrected chi connectivity index (χ3v) is 5.58. The molecule has 1 amide bonds. The lowest BCUT2D eigenvalue weighted by Crippen LogP contribution is -3.14. The lowest BCUT2D eigenvalue weighted by Gasteiger charge is -2.32. The molecule has 8 nitrogen and oxygen atoms in total. The maximum Gasteiger partial charge on any atom is 0.254 e. The van der Waals surface area contributed by atoms with E-state index in [9.17, 15) is 14.7 Å². The van der Waals surface area contributed by atoms with Crippen molar-refractivity contribution < 1.29 is 46.2 Å². The molecule has 0 radical (unpaired) electrons. The van der Waals surface area contributed by atoms with Crippen LogP contribution in [0.2, 0.25) is 0 Å². The third kappa shape index (κ3) is 5.83. The summed E-state index contributed by atoms with van der Waals surface area (Å²) in [6.45, 7) is 3.44. The van der Waals surface area contributed by atoms with Crippen molar-refractivity contribution in [2.75, 3.05) is 54.1 Å². The van der Waals surface area contributed by atoms with E-state index in [0.717, 1.165) is 19.6 Å². The van der Waals surface area contributed by atoms with Gasteiger partial charge in [0.05, 0.1) is 60.5 Å². The number of benzene rings is 2. The second kappa shape index (κ2) is 11.6. The van der Waals surface area contributed by atoms with Gasteiger partial charge in [-0.1, -0.05) is 12.1 Å². The van der Waals surface area contributed by atoms with Crippen LogP contribution in [-0.2, 0) is 0 Å². The Hall–Kier alpha value is -2.97. The Morgan fingerprint density at radius 1 is 0.969 bits per heavy atom. The molecule has 2 aromatic carbocycles. The van der Waals surface area contributed by atoms with E-state index in [1.165, 1.54) is 31.3 Å². The summed E-state index contributed by atoms with van der Waals surface area (Å²) in [6, 6.07) is 10.2. The van der Waals surface area contributed by atoms with Crippen molar-refractivity contribution in [3.8, 4) is 23.0 Å². The van der Waals surface area contributed by atoms with Crippen LogP contribution in [0.15, 0.2) is 36.4 Å². The van der Waals surface area contributed by atoms with Crippen LogP contribution < -0.4 is 31.5 Å². The second-order valence-corrected chi connectivity index (χ2v) is 7.43. The molecule has 3 rings (SSSR count). The van der Waals surface area contributed by atoms with E-state index in [0.29, 0.717) is 36.4 Å². The summed E-state index contributed by atoms with van der Waals surface area (Å²) < 4.78 is 15.5. The van der Waals surface area contributed by atoms with Gasteiger partial charge >= 0.3 is 0 Å². The number of ether oxygens (including phenoxy) is 3. The van der Waals surface area contributed by atoms with Crippen LogP contribution in [0.1, 0.15) is 27.1 Å². The molecule has 1 aliphatic heterocycles. The number of rotatable bonds is 8. The van der Waals surface area contributed by atoms with Gasteiger partial charge in [-0.2, -0.15) is 0 Å². The molecule has 174 valence electrons. The van der Waals surface area contributed by atoms with Gasteiger partial charge in [0.2, 0.25) is 5.75 Å². The monoisotopic (exact) mass is 464 g/mol. The molecule has 2 aromatic rings. The largest absolute Gasteiger partial charge is 1.00 e. The molecule has 0 saturated carbocycles. The fourth-order valence-electron chi connectivity index (χ4n) is 3.71. The summed E-state index contributed by atoms with van der Waals surface area (Å²) in [4.78, 5) is 28.5. The van der Waals surface area contributed by atoms with Gasteiger partial charge in [-0.15, -0.1) is 0 Å². The number of ketones is 1. The fourth-order valence-corrected chi connectivity index (χ4v) is 3.71. The molecule has 9 heteroatoms. The number of aromatic hydroxyl groups is 1. The minimum Gasteiger partial charge on any atom is -1.00 e. The van der Waals surface area contributed by atoms with Crippen LogP contribution in [0.25, 0.3) is 0 Å². The van der Waals surface area contributed by atoms with E-state index in [2.05, 4.69) is 0 Å². The molecule has 0 spiro atoms. The second-order valence-electron chi connectivity index (χ2n) is 7.43. The number of hydrogen-bond donors (Lipinski definition) is 2. The normalized spacial score (nSPS) is 13.8. The number of methoxy groups -OCH3 is 3. The average molecular weight is 465 g/mol. The zero-order valence-electron chi connectivity index (χ0n) is 18.5. The molecule has 0 unspecified atom stereocenters. The zero-order valence-corrected chi connectivity index (χ0v) is 19.3. The Morgan fingerprint density at radius 3 is 2.16 bits per heavy atom. The summed E-state index contributed by atoms with van der Waals surface area (Å²) >= 11 is 0. The predicted octanol–water partition coefficient (Wildman–Crippen LogP) is -1.96. The SMILES string of the molecule is COc1cccc(C(=O)CC[NH+]2CCN(C(=O)c3cc(OC)c(O)c(OC)c3)CC2)c1.[Cl-]. The lowest BCUT2D eigenvalue weighted by atomic mass is 10.1. The molecule has 1 heterocycles. The highest BCUT2D eigenvalue weighted by molar-refractivity contribution is 5.96. The van der Waals surface area contributed by atoms with E-state index in [4.69, 9.17) is 14.2 Å². The van der Waals surface area contributed by atoms with E-state index in [-0.39, 0.29) is 41.3 Å². The van der Waals surface area contributed by atoms with Crippen LogP contribution in [0.5, 0.6) is 23.0 Å². The number of hydrogen-bond acceptors (Lipinski definition) is 6. The van der Waals surface area contributed by atoms with E-state index >= 15 is 0 Å². The minimum atomic E-state index is -0.136. The van der Waals surface area contributed by atoms with Crippen molar-refractivity contribution in [2.45, 2.75) is 6.42 Å². The summed E-state index contributed by atoms with van der Waals surface area (Å²) in [7, 11) is 4.44. The number of amides is 1. The van der Waals surface area contributed by atoms with Gasteiger partial charge in [0, 0.05) is 11.1 Å². The van der Waals surface area contributed by atoms with Crippen molar-refractivity contribution in [2.24, 2.45) is 0 Å². The third-order valence-electron chi connectivity index (χ3n) is 5.58. The summed E-state index contributed by atoms with van der Waals surface area (Å²) in [5.74, 6) is 0.895. The van der Waals surface area contributed by atoms with Crippen LogP contribution in [0.3, 0.4) is 0 Å². The highest BCUT2D eigenvalue weighted by atomic mass is 35.5. The first-order chi connectivity index (χ1) is 15.0. The van der Waals surface area contributed by atoms with Gasteiger partial charge in [-0.3, -0.25) is 9.59 Å². The Labute approximate surface area is 194 Å². The van der Waals surface area contributed by atoms with Crippen molar-refractivity contribution in [3.05, 3.63) is 47.5 Å².